The Bertz CT molecular complexity index is 544. The molecule has 0 atom stereocenters. The molecule has 3 nitrogen and oxygen atoms in total. The molecule has 0 unspecified atom stereocenters. The minimum atomic E-state index is -0.104. The van der Waals surface area contributed by atoms with E-state index in [4.69, 9.17) is 11.6 Å². The smallest absolute Gasteiger partial charge is 0.235 e. The SMILES string of the molecule is O=C(CBr)Nc1ccc(Cl)c2ncccc12. The van der Waals surface area contributed by atoms with Crippen molar-refractivity contribution in [2.45, 2.75) is 0 Å². The zero-order valence-electron chi connectivity index (χ0n) is 8.21. The van der Waals surface area contributed by atoms with Gasteiger partial charge in [0.2, 0.25) is 5.91 Å². The van der Waals surface area contributed by atoms with Crippen molar-refractivity contribution in [2.75, 3.05) is 10.6 Å². The van der Waals surface area contributed by atoms with Gasteiger partial charge in [0.25, 0.3) is 0 Å². The number of fused-ring (bicyclic) bond motifs is 1. The second-order valence-corrected chi connectivity index (χ2v) is 4.14. The largest absolute Gasteiger partial charge is 0.325 e. The highest BCUT2D eigenvalue weighted by Crippen LogP contribution is 2.27. The first-order valence-corrected chi connectivity index (χ1v) is 6.11. The van der Waals surface area contributed by atoms with Gasteiger partial charge in [0.15, 0.2) is 0 Å². The molecule has 0 saturated carbocycles. The van der Waals surface area contributed by atoms with Gasteiger partial charge in [-0.15, -0.1) is 0 Å². The summed E-state index contributed by atoms with van der Waals surface area (Å²) in [4.78, 5) is 15.5. The standard InChI is InChI=1S/C11H8BrClN2O/c12-6-10(16)15-9-4-3-8(13)11-7(9)2-1-5-14-11/h1-5H,6H2,(H,15,16). The molecule has 0 aliphatic heterocycles. The van der Waals surface area contributed by atoms with Crippen LogP contribution in [0.1, 0.15) is 0 Å². The first-order chi connectivity index (χ1) is 7.72. The van der Waals surface area contributed by atoms with Crippen LogP contribution in [0.15, 0.2) is 30.5 Å². The molecule has 1 heterocycles. The molecule has 0 aliphatic rings. The van der Waals surface area contributed by atoms with Crippen LogP contribution in [0, 0.1) is 0 Å². The fourth-order valence-corrected chi connectivity index (χ4v) is 1.78. The summed E-state index contributed by atoms with van der Waals surface area (Å²) in [6.07, 6.45) is 1.67. The lowest BCUT2D eigenvalue weighted by Crippen LogP contribution is -2.12. The monoisotopic (exact) mass is 298 g/mol. The summed E-state index contributed by atoms with van der Waals surface area (Å²) in [6, 6.07) is 7.17. The third-order valence-electron chi connectivity index (χ3n) is 2.12. The van der Waals surface area contributed by atoms with Crippen molar-refractivity contribution in [2.24, 2.45) is 0 Å². The van der Waals surface area contributed by atoms with Gasteiger partial charge in [0.05, 0.1) is 21.6 Å². The van der Waals surface area contributed by atoms with Crippen LogP contribution in [0.25, 0.3) is 10.9 Å². The maximum absolute atomic E-state index is 11.3. The molecule has 2 rings (SSSR count). The average molecular weight is 300 g/mol. The Morgan fingerprint density at radius 3 is 3.00 bits per heavy atom. The number of nitrogens with zero attached hydrogens (tertiary/aromatic N) is 1. The molecule has 0 spiro atoms. The van der Waals surface area contributed by atoms with E-state index < -0.39 is 0 Å². The summed E-state index contributed by atoms with van der Waals surface area (Å²) in [7, 11) is 0. The van der Waals surface area contributed by atoms with Crippen LogP contribution in [0.3, 0.4) is 0 Å². The normalized spacial score (nSPS) is 10.4. The fourth-order valence-electron chi connectivity index (χ4n) is 1.43. The van der Waals surface area contributed by atoms with Crippen LogP contribution < -0.4 is 5.32 Å². The highest BCUT2D eigenvalue weighted by molar-refractivity contribution is 9.09. The highest BCUT2D eigenvalue weighted by Gasteiger charge is 2.07. The highest BCUT2D eigenvalue weighted by atomic mass is 79.9. The van der Waals surface area contributed by atoms with Crippen molar-refractivity contribution in [1.29, 1.82) is 0 Å². The van der Waals surface area contributed by atoms with Crippen LogP contribution in [0.2, 0.25) is 5.02 Å². The first kappa shape index (κ1) is 11.4. The molecule has 16 heavy (non-hydrogen) atoms. The molecule has 0 saturated heterocycles. The Labute approximate surface area is 106 Å². The summed E-state index contributed by atoms with van der Waals surface area (Å²) < 4.78 is 0. The van der Waals surface area contributed by atoms with Crippen LogP contribution in [-0.4, -0.2) is 16.2 Å². The molecule has 1 amide bonds. The van der Waals surface area contributed by atoms with Crippen molar-refractivity contribution in [3.05, 3.63) is 35.5 Å². The van der Waals surface area contributed by atoms with E-state index in [0.29, 0.717) is 10.5 Å². The molecule has 82 valence electrons. The van der Waals surface area contributed by atoms with Gasteiger partial charge in [-0.25, -0.2) is 0 Å². The number of anilines is 1. The zero-order chi connectivity index (χ0) is 11.5. The van der Waals surface area contributed by atoms with Gasteiger partial charge >= 0.3 is 0 Å². The summed E-state index contributed by atoms with van der Waals surface area (Å²) in [6.45, 7) is 0. The minimum Gasteiger partial charge on any atom is -0.325 e. The summed E-state index contributed by atoms with van der Waals surface area (Å²) in [5.41, 5.74) is 1.41. The van der Waals surface area contributed by atoms with E-state index in [-0.39, 0.29) is 11.2 Å². The predicted octanol–water partition coefficient (Wildman–Crippen LogP) is 3.22. The molecular weight excluding hydrogens is 291 g/mol. The number of amides is 1. The Hall–Kier alpha value is -1.13. The van der Waals surface area contributed by atoms with E-state index in [1.54, 1.807) is 18.3 Å². The number of halogens is 2. The quantitative estimate of drug-likeness (QED) is 0.865. The van der Waals surface area contributed by atoms with E-state index in [2.05, 4.69) is 26.2 Å². The predicted molar refractivity (Wildman–Crippen MR) is 69.2 cm³/mol. The Morgan fingerprint density at radius 1 is 1.44 bits per heavy atom. The lowest BCUT2D eigenvalue weighted by Gasteiger charge is -2.07. The molecule has 0 fully saturated rings. The molecule has 2 aromatic rings. The van der Waals surface area contributed by atoms with Crippen LogP contribution in [0.4, 0.5) is 5.69 Å². The number of hydrogen-bond donors (Lipinski definition) is 1. The van der Waals surface area contributed by atoms with E-state index in [1.807, 2.05) is 12.1 Å². The Morgan fingerprint density at radius 2 is 2.25 bits per heavy atom. The average Bonchev–Trinajstić information content (AvgIpc) is 2.33. The van der Waals surface area contributed by atoms with Crippen molar-refractivity contribution < 1.29 is 4.79 Å². The number of carbonyl (C=O) groups excluding carboxylic acids is 1. The van der Waals surface area contributed by atoms with Gasteiger partial charge in [0, 0.05) is 11.6 Å². The minimum absolute atomic E-state index is 0.104. The second kappa shape index (κ2) is 4.80. The van der Waals surface area contributed by atoms with Crippen LogP contribution >= 0.6 is 27.5 Å². The molecule has 0 aliphatic carbocycles. The van der Waals surface area contributed by atoms with Gasteiger partial charge in [-0.05, 0) is 24.3 Å². The molecular formula is C11H8BrClN2O. The van der Waals surface area contributed by atoms with Crippen LogP contribution in [-0.2, 0) is 4.79 Å². The van der Waals surface area contributed by atoms with Crippen molar-refractivity contribution in [3.63, 3.8) is 0 Å². The fraction of sp³-hybridized carbons (Fsp3) is 0.0909. The second-order valence-electron chi connectivity index (χ2n) is 3.18. The van der Waals surface area contributed by atoms with E-state index in [0.717, 1.165) is 11.1 Å². The topological polar surface area (TPSA) is 42.0 Å². The number of aromatic nitrogens is 1. The number of carbonyl (C=O) groups is 1. The van der Waals surface area contributed by atoms with Crippen molar-refractivity contribution in [1.82, 2.24) is 4.98 Å². The molecule has 1 aromatic heterocycles. The first-order valence-electron chi connectivity index (χ1n) is 4.61. The summed E-state index contributed by atoms with van der Waals surface area (Å²) >= 11 is 9.11. The van der Waals surface area contributed by atoms with Gasteiger partial charge in [-0.1, -0.05) is 27.5 Å². The zero-order valence-corrected chi connectivity index (χ0v) is 10.5. The summed E-state index contributed by atoms with van der Waals surface area (Å²) in [5, 5.41) is 4.45. The lowest BCUT2D eigenvalue weighted by atomic mass is 10.2. The maximum Gasteiger partial charge on any atom is 0.235 e. The van der Waals surface area contributed by atoms with Gasteiger partial charge in [-0.3, -0.25) is 9.78 Å². The van der Waals surface area contributed by atoms with E-state index in [9.17, 15) is 4.79 Å². The number of pyridine rings is 1. The third kappa shape index (κ3) is 2.18. The number of hydrogen-bond acceptors (Lipinski definition) is 2. The molecule has 1 aromatic carbocycles. The number of alkyl halides is 1. The third-order valence-corrected chi connectivity index (χ3v) is 2.93. The lowest BCUT2D eigenvalue weighted by molar-refractivity contribution is -0.113. The van der Waals surface area contributed by atoms with E-state index >= 15 is 0 Å². The number of rotatable bonds is 2. The maximum atomic E-state index is 11.3. The van der Waals surface area contributed by atoms with Crippen LogP contribution in [0.5, 0.6) is 0 Å². The Kier molecular flexibility index (Phi) is 3.41. The van der Waals surface area contributed by atoms with Crippen molar-refractivity contribution >= 4 is 50.0 Å². The summed E-state index contributed by atoms with van der Waals surface area (Å²) in [5.74, 6) is -0.104. The number of nitrogens with one attached hydrogen (secondary N) is 1. The van der Waals surface area contributed by atoms with Gasteiger partial charge in [0.1, 0.15) is 0 Å². The van der Waals surface area contributed by atoms with E-state index in [1.165, 1.54) is 0 Å². The molecule has 0 bridgehead atoms. The van der Waals surface area contributed by atoms with Gasteiger partial charge in [-0.2, -0.15) is 0 Å². The van der Waals surface area contributed by atoms with Gasteiger partial charge < -0.3 is 5.32 Å². The molecule has 5 heteroatoms. The molecule has 0 radical (unpaired) electrons. The van der Waals surface area contributed by atoms with Crippen molar-refractivity contribution in [3.8, 4) is 0 Å². The molecule has 1 N–H and O–H groups in total. The number of benzene rings is 1. The Balaban J connectivity index is 2.54.